The Morgan fingerprint density at radius 2 is 2.33 bits per heavy atom. The van der Waals surface area contributed by atoms with E-state index >= 15 is 0 Å². The zero-order valence-electron chi connectivity index (χ0n) is 9.45. The molecule has 2 fully saturated rings. The fraction of sp³-hybridized carbons (Fsp3) is 0.917. The molecule has 3 nitrogen and oxygen atoms in total. The molecule has 15 heavy (non-hydrogen) atoms. The van der Waals surface area contributed by atoms with Crippen molar-refractivity contribution < 1.29 is 5.11 Å². The standard InChI is InChI=1S/C12H20N2O/c1-10(15)11-2-7-14(8-11)9-12(3-4-12)5-6-13/h10-11,15H,2-5,7-9H2,1H3. The van der Waals surface area contributed by atoms with Crippen LogP contribution in [0.4, 0.5) is 0 Å². The van der Waals surface area contributed by atoms with Gasteiger partial charge in [-0.05, 0) is 44.1 Å². The Morgan fingerprint density at radius 3 is 2.80 bits per heavy atom. The molecular formula is C12H20N2O. The van der Waals surface area contributed by atoms with Gasteiger partial charge in [-0.15, -0.1) is 0 Å². The minimum absolute atomic E-state index is 0.180. The lowest BCUT2D eigenvalue weighted by atomic mass is 10.0. The molecular weight excluding hydrogens is 188 g/mol. The number of hydrogen-bond acceptors (Lipinski definition) is 3. The van der Waals surface area contributed by atoms with Crippen molar-refractivity contribution in [3.05, 3.63) is 0 Å². The lowest BCUT2D eigenvalue weighted by molar-refractivity contribution is 0.125. The van der Waals surface area contributed by atoms with Crippen LogP contribution in [0.25, 0.3) is 0 Å². The summed E-state index contributed by atoms with van der Waals surface area (Å²) in [5.74, 6) is 0.447. The van der Waals surface area contributed by atoms with Gasteiger partial charge in [0.05, 0.1) is 12.2 Å². The molecule has 0 amide bonds. The van der Waals surface area contributed by atoms with Gasteiger partial charge in [-0.1, -0.05) is 0 Å². The molecule has 1 heterocycles. The van der Waals surface area contributed by atoms with Crippen LogP contribution in [-0.4, -0.2) is 35.7 Å². The van der Waals surface area contributed by atoms with Crippen molar-refractivity contribution in [3.8, 4) is 6.07 Å². The van der Waals surface area contributed by atoms with Crippen molar-refractivity contribution >= 4 is 0 Å². The number of aliphatic hydroxyl groups is 1. The molecule has 1 saturated heterocycles. The highest BCUT2D eigenvalue weighted by Crippen LogP contribution is 2.49. The Morgan fingerprint density at radius 1 is 1.60 bits per heavy atom. The first-order valence-corrected chi connectivity index (χ1v) is 5.93. The molecule has 0 aromatic carbocycles. The second-order valence-electron chi connectivity index (χ2n) is 5.36. The van der Waals surface area contributed by atoms with Crippen LogP contribution in [0.2, 0.25) is 0 Å². The summed E-state index contributed by atoms with van der Waals surface area (Å²) in [7, 11) is 0. The summed E-state index contributed by atoms with van der Waals surface area (Å²) in [5, 5.41) is 18.3. The highest BCUT2D eigenvalue weighted by molar-refractivity contribution is 5.02. The van der Waals surface area contributed by atoms with Crippen molar-refractivity contribution in [2.75, 3.05) is 19.6 Å². The maximum atomic E-state index is 9.51. The second-order valence-corrected chi connectivity index (χ2v) is 5.36. The summed E-state index contributed by atoms with van der Waals surface area (Å²) in [5.41, 5.74) is 0.322. The number of hydrogen-bond donors (Lipinski definition) is 1. The molecule has 1 N–H and O–H groups in total. The maximum absolute atomic E-state index is 9.51. The molecule has 1 aliphatic carbocycles. The third-order valence-electron chi connectivity index (χ3n) is 3.96. The van der Waals surface area contributed by atoms with Crippen LogP contribution in [-0.2, 0) is 0 Å². The predicted octanol–water partition coefficient (Wildman–Crippen LogP) is 1.38. The number of aliphatic hydroxyl groups excluding tert-OH is 1. The Bertz CT molecular complexity index is 265. The van der Waals surface area contributed by atoms with Gasteiger partial charge >= 0.3 is 0 Å². The minimum Gasteiger partial charge on any atom is -0.393 e. The SMILES string of the molecule is CC(O)C1CCN(CC2(CC#N)CC2)C1. The van der Waals surface area contributed by atoms with Crippen molar-refractivity contribution in [2.24, 2.45) is 11.3 Å². The van der Waals surface area contributed by atoms with E-state index in [0.717, 1.165) is 26.1 Å². The first-order valence-electron chi connectivity index (χ1n) is 5.93. The van der Waals surface area contributed by atoms with Crippen LogP contribution < -0.4 is 0 Å². The smallest absolute Gasteiger partial charge is 0.0628 e. The predicted molar refractivity (Wildman–Crippen MR) is 58.1 cm³/mol. The Balaban J connectivity index is 1.80. The molecule has 0 spiro atoms. The first kappa shape index (κ1) is 10.9. The molecule has 2 unspecified atom stereocenters. The lowest BCUT2D eigenvalue weighted by Gasteiger charge is -2.22. The van der Waals surface area contributed by atoms with E-state index in [0.29, 0.717) is 17.8 Å². The highest BCUT2D eigenvalue weighted by Gasteiger charge is 2.44. The van der Waals surface area contributed by atoms with E-state index in [-0.39, 0.29) is 6.10 Å². The van der Waals surface area contributed by atoms with Crippen LogP contribution in [0.3, 0.4) is 0 Å². The van der Waals surface area contributed by atoms with Crippen LogP contribution in [0.5, 0.6) is 0 Å². The van der Waals surface area contributed by atoms with Crippen LogP contribution in [0, 0.1) is 22.7 Å². The fourth-order valence-corrected chi connectivity index (χ4v) is 2.61. The largest absolute Gasteiger partial charge is 0.393 e. The zero-order chi connectivity index (χ0) is 10.9. The van der Waals surface area contributed by atoms with Gasteiger partial charge in [0.1, 0.15) is 0 Å². The minimum atomic E-state index is -0.180. The maximum Gasteiger partial charge on any atom is 0.0628 e. The molecule has 84 valence electrons. The molecule has 0 radical (unpaired) electrons. The molecule has 0 aromatic rings. The highest BCUT2D eigenvalue weighted by atomic mass is 16.3. The lowest BCUT2D eigenvalue weighted by Crippen LogP contribution is -2.30. The first-order chi connectivity index (χ1) is 7.15. The average Bonchev–Trinajstić information content (AvgIpc) is 2.77. The van der Waals surface area contributed by atoms with E-state index in [2.05, 4.69) is 11.0 Å². The quantitative estimate of drug-likeness (QED) is 0.759. The Hall–Kier alpha value is -0.590. The van der Waals surface area contributed by atoms with Gasteiger partial charge in [0.15, 0.2) is 0 Å². The molecule has 2 rings (SSSR count). The van der Waals surface area contributed by atoms with Crippen LogP contribution in [0.1, 0.15) is 32.6 Å². The van der Waals surface area contributed by atoms with Gasteiger partial charge < -0.3 is 10.0 Å². The summed E-state index contributed by atoms with van der Waals surface area (Å²) in [6.07, 6.45) is 4.08. The normalized spacial score (nSPS) is 31.1. The third kappa shape index (κ3) is 2.50. The zero-order valence-corrected chi connectivity index (χ0v) is 9.45. The summed E-state index contributed by atoms with van der Waals surface area (Å²) in [6.45, 7) is 5.08. The van der Waals surface area contributed by atoms with E-state index in [4.69, 9.17) is 5.26 Å². The average molecular weight is 208 g/mol. The van der Waals surface area contributed by atoms with Crippen molar-refractivity contribution in [2.45, 2.75) is 38.7 Å². The molecule has 2 atom stereocenters. The van der Waals surface area contributed by atoms with E-state index in [1.54, 1.807) is 0 Å². The van der Waals surface area contributed by atoms with Gasteiger partial charge in [0.2, 0.25) is 0 Å². The molecule has 1 aliphatic heterocycles. The number of likely N-dealkylation sites (tertiary alicyclic amines) is 1. The van der Waals surface area contributed by atoms with Crippen LogP contribution >= 0.6 is 0 Å². The van der Waals surface area contributed by atoms with Crippen molar-refractivity contribution in [1.29, 1.82) is 5.26 Å². The third-order valence-corrected chi connectivity index (χ3v) is 3.96. The van der Waals surface area contributed by atoms with E-state index in [1.807, 2.05) is 6.92 Å². The van der Waals surface area contributed by atoms with E-state index < -0.39 is 0 Å². The number of nitriles is 1. The number of rotatable bonds is 4. The van der Waals surface area contributed by atoms with Crippen molar-refractivity contribution in [1.82, 2.24) is 4.90 Å². The van der Waals surface area contributed by atoms with Crippen LogP contribution in [0.15, 0.2) is 0 Å². The molecule has 0 bridgehead atoms. The summed E-state index contributed by atoms with van der Waals surface area (Å²) in [4.78, 5) is 2.43. The molecule has 1 saturated carbocycles. The Labute approximate surface area is 91.7 Å². The van der Waals surface area contributed by atoms with Gasteiger partial charge in [-0.25, -0.2) is 0 Å². The summed E-state index contributed by atoms with van der Waals surface area (Å²) in [6, 6.07) is 2.30. The number of nitrogens with zero attached hydrogens (tertiary/aromatic N) is 2. The fourth-order valence-electron chi connectivity index (χ4n) is 2.61. The van der Waals surface area contributed by atoms with Gasteiger partial charge in [-0.2, -0.15) is 5.26 Å². The van der Waals surface area contributed by atoms with Gasteiger partial charge in [0.25, 0.3) is 0 Å². The second kappa shape index (κ2) is 4.11. The summed E-state index contributed by atoms with van der Waals surface area (Å²) < 4.78 is 0. The monoisotopic (exact) mass is 208 g/mol. The summed E-state index contributed by atoms with van der Waals surface area (Å²) >= 11 is 0. The Kier molecular flexibility index (Phi) is 2.99. The molecule has 3 heteroatoms. The molecule has 0 aromatic heterocycles. The molecule has 2 aliphatic rings. The van der Waals surface area contributed by atoms with Gasteiger partial charge in [0, 0.05) is 19.5 Å². The topological polar surface area (TPSA) is 47.3 Å². The van der Waals surface area contributed by atoms with E-state index in [9.17, 15) is 5.11 Å². The van der Waals surface area contributed by atoms with E-state index in [1.165, 1.54) is 12.8 Å². The van der Waals surface area contributed by atoms with Crippen molar-refractivity contribution in [3.63, 3.8) is 0 Å². The van der Waals surface area contributed by atoms with Gasteiger partial charge in [-0.3, -0.25) is 0 Å².